The fourth-order valence-electron chi connectivity index (χ4n) is 2.75. The van der Waals surface area contributed by atoms with Crippen LogP contribution in [0.25, 0.3) is 28.2 Å². The normalized spacial score (nSPS) is 10.7. The first-order valence-electron chi connectivity index (χ1n) is 7.71. The maximum absolute atomic E-state index is 6.09. The molecule has 0 bridgehead atoms. The molecule has 4 N–H and O–H groups in total. The summed E-state index contributed by atoms with van der Waals surface area (Å²) in [5.41, 5.74) is 16.1. The number of pyridine rings is 2. The first-order chi connectivity index (χ1) is 12.2. The third kappa shape index (κ3) is 3.16. The van der Waals surface area contributed by atoms with Crippen molar-refractivity contribution in [1.82, 2.24) is 19.5 Å². The lowest BCUT2D eigenvalue weighted by Gasteiger charge is -2.10. The van der Waals surface area contributed by atoms with Crippen LogP contribution in [-0.4, -0.2) is 19.5 Å². The summed E-state index contributed by atoms with van der Waals surface area (Å²) < 4.78 is 2.85. The molecule has 0 aliphatic heterocycles. The van der Waals surface area contributed by atoms with E-state index in [4.69, 9.17) is 16.5 Å². The van der Waals surface area contributed by atoms with Crippen LogP contribution in [0.2, 0.25) is 0 Å². The highest BCUT2D eigenvalue weighted by atomic mass is 79.9. The third-order valence-electron chi connectivity index (χ3n) is 3.97. The highest BCUT2D eigenvalue weighted by Crippen LogP contribution is 2.31. The fraction of sp³-hybridized carbons (Fsp3) is 0.0556. The summed E-state index contributed by atoms with van der Waals surface area (Å²) in [5, 5.41) is 0. The lowest BCUT2D eigenvalue weighted by Crippen LogP contribution is -2.02. The topological polar surface area (TPSA) is 95.6 Å². The lowest BCUT2D eigenvalue weighted by molar-refractivity contribution is 1.04. The van der Waals surface area contributed by atoms with Gasteiger partial charge in [0, 0.05) is 29.1 Å². The summed E-state index contributed by atoms with van der Waals surface area (Å²) in [6.07, 6.45) is 3.42. The molecule has 0 fully saturated rings. The second kappa shape index (κ2) is 7.41. The van der Waals surface area contributed by atoms with Crippen LogP contribution in [0.5, 0.6) is 0 Å². The van der Waals surface area contributed by atoms with Gasteiger partial charge in [-0.3, -0.25) is 4.57 Å². The molecule has 4 aromatic rings. The number of aromatic nitrogens is 4. The molecule has 0 radical (unpaired) electrons. The van der Waals surface area contributed by atoms with Gasteiger partial charge in [-0.05, 0) is 51.8 Å². The average molecular weight is 432 g/mol. The molecule has 0 spiro atoms. The molecule has 1 aromatic carbocycles. The maximum atomic E-state index is 6.09. The van der Waals surface area contributed by atoms with Gasteiger partial charge in [0.25, 0.3) is 0 Å². The number of fused-ring (bicyclic) bond motifs is 1. The summed E-state index contributed by atoms with van der Waals surface area (Å²) >= 11 is 3.45. The van der Waals surface area contributed by atoms with Crippen LogP contribution in [0.4, 0.5) is 5.82 Å². The van der Waals surface area contributed by atoms with Crippen molar-refractivity contribution in [1.29, 1.82) is 0 Å². The number of nitrogens with zero attached hydrogens (tertiary/aromatic N) is 4. The molecule has 0 unspecified atom stereocenters. The van der Waals surface area contributed by atoms with Gasteiger partial charge in [-0.1, -0.05) is 12.1 Å². The standard InChI is InChI=1S/C18H15BrN6.ClH/c19-12-8-15-18(23-10-12)25(13-5-3-11(9-20)4-6-13)17(24-15)14-2-1-7-22-16(14)21;/h1-8,10H,9,20H2,(H2,21,22);1H. The van der Waals surface area contributed by atoms with Crippen molar-refractivity contribution in [3.05, 3.63) is 64.9 Å². The molecule has 132 valence electrons. The van der Waals surface area contributed by atoms with Crippen LogP contribution in [0.15, 0.2) is 59.3 Å². The number of halogens is 2. The van der Waals surface area contributed by atoms with Gasteiger partial charge in [-0.25, -0.2) is 15.0 Å². The Hall–Kier alpha value is -2.48. The third-order valence-corrected chi connectivity index (χ3v) is 4.41. The lowest BCUT2D eigenvalue weighted by atomic mass is 10.2. The molecule has 6 nitrogen and oxygen atoms in total. The van der Waals surface area contributed by atoms with Gasteiger partial charge in [-0.15, -0.1) is 12.4 Å². The molecule has 3 aromatic heterocycles. The van der Waals surface area contributed by atoms with Gasteiger partial charge in [0.05, 0.1) is 5.56 Å². The van der Waals surface area contributed by atoms with Crippen molar-refractivity contribution in [2.45, 2.75) is 6.54 Å². The Balaban J connectivity index is 0.00000196. The first kappa shape index (κ1) is 18.3. The van der Waals surface area contributed by atoms with E-state index in [9.17, 15) is 0 Å². The van der Waals surface area contributed by atoms with Crippen LogP contribution in [-0.2, 0) is 6.54 Å². The summed E-state index contributed by atoms with van der Waals surface area (Å²) in [6, 6.07) is 13.7. The van der Waals surface area contributed by atoms with Crippen LogP contribution in [0.1, 0.15) is 5.56 Å². The van der Waals surface area contributed by atoms with Gasteiger partial charge in [0.1, 0.15) is 11.3 Å². The molecule has 0 saturated heterocycles. The molecular formula is C18H16BrClN6. The highest BCUT2D eigenvalue weighted by Gasteiger charge is 2.17. The Labute approximate surface area is 164 Å². The molecule has 4 rings (SSSR count). The number of hydrogen-bond donors (Lipinski definition) is 2. The minimum absolute atomic E-state index is 0. The molecule has 0 amide bonds. The average Bonchev–Trinajstić information content (AvgIpc) is 3.00. The predicted molar refractivity (Wildman–Crippen MR) is 109 cm³/mol. The summed E-state index contributed by atoms with van der Waals surface area (Å²) in [7, 11) is 0. The number of imidazole rings is 1. The van der Waals surface area contributed by atoms with E-state index in [0.717, 1.165) is 32.5 Å². The number of benzene rings is 1. The fourth-order valence-corrected chi connectivity index (χ4v) is 3.07. The molecule has 0 aliphatic rings. The van der Waals surface area contributed by atoms with E-state index in [2.05, 4.69) is 25.9 Å². The van der Waals surface area contributed by atoms with Gasteiger partial charge in [0.15, 0.2) is 11.5 Å². The molecule has 0 saturated carbocycles. The Morgan fingerprint density at radius 2 is 1.85 bits per heavy atom. The molecular weight excluding hydrogens is 416 g/mol. The quantitative estimate of drug-likeness (QED) is 0.515. The number of nitrogen functional groups attached to an aromatic ring is 1. The van der Waals surface area contributed by atoms with Crippen molar-refractivity contribution >= 4 is 45.3 Å². The maximum Gasteiger partial charge on any atom is 0.165 e. The molecule has 26 heavy (non-hydrogen) atoms. The monoisotopic (exact) mass is 430 g/mol. The first-order valence-corrected chi connectivity index (χ1v) is 8.51. The summed E-state index contributed by atoms with van der Waals surface area (Å²) in [5.74, 6) is 1.13. The Morgan fingerprint density at radius 1 is 1.08 bits per heavy atom. The molecule has 0 aliphatic carbocycles. The second-order valence-electron chi connectivity index (χ2n) is 5.57. The van der Waals surface area contributed by atoms with Crippen molar-refractivity contribution in [3.63, 3.8) is 0 Å². The van der Waals surface area contributed by atoms with E-state index in [1.165, 1.54) is 0 Å². The largest absolute Gasteiger partial charge is 0.383 e. The minimum atomic E-state index is 0. The zero-order chi connectivity index (χ0) is 17.4. The van der Waals surface area contributed by atoms with Gasteiger partial charge >= 0.3 is 0 Å². The van der Waals surface area contributed by atoms with Gasteiger partial charge < -0.3 is 11.5 Å². The van der Waals surface area contributed by atoms with Crippen LogP contribution in [0, 0.1) is 0 Å². The Kier molecular flexibility index (Phi) is 5.22. The van der Waals surface area contributed by atoms with E-state index in [1.54, 1.807) is 12.4 Å². The predicted octanol–water partition coefficient (Wildman–Crippen LogP) is 3.71. The van der Waals surface area contributed by atoms with Crippen molar-refractivity contribution in [2.75, 3.05) is 5.73 Å². The van der Waals surface area contributed by atoms with E-state index in [-0.39, 0.29) is 12.4 Å². The SMILES string of the molecule is Cl.NCc1ccc(-n2c(-c3cccnc3N)nc3cc(Br)cnc32)cc1. The number of rotatable bonds is 3. The minimum Gasteiger partial charge on any atom is -0.383 e. The summed E-state index contributed by atoms with van der Waals surface area (Å²) in [4.78, 5) is 13.5. The summed E-state index contributed by atoms with van der Waals surface area (Å²) in [6.45, 7) is 0.499. The van der Waals surface area contributed by atoms with Crippen LogP contribution >= 0.6 is 28.3 Å². The number of anilines is 1. The molecule has 3 heterocycles. The zero-order valence-electron chi connectivity index (χ0n) is 13.6. The van der Waals surface area contributed by atoms with E-state index >= 15 is 0 Å². The van der Waals surface area contributed by atoms with E-state index in [1.807, 2.05) is 47.0 Å². The smallest absolute Gasteiger partial charge is 0.165 e. The van der Waals surface area contributed by atoms with Crippen molar-refractivity contribution in [2.24, 2.45) is 5.73 Å². The van der Waals surface area contributed by atoms with E-state index < -0.39 is 0 Å². The van der Waals surface area contributed by atoms with Gasteiger partial charge in [-0.2, -0.15) is 0 Å². The Morgan fingerprint density at radius 3 is 2.54 bits per heavy atom. The van der Waals surface area contributed by atoms with E-state index in [0.29, 0.717) is 18.2 Å². The van der Waals surface area contributed by atoms with Crippen LogP contribution < -0.4 is 11.5 Å². The highest BCUT2D eigenvalue weighted by molar-refractivity contribution is 9.10. The number of nitrogens with two attached hydrogens (primary N) is 2. The van der Waals surface area contributed by atoms with Crippen LogP contribution in [0.3, 0.4) is 0 Å². The van der Waals surface area contributed by atoms with Gasteiger partial charge in [0.2, 0.25) is 0 Å². The second-order valence-corrected chi connectivity index (χ2v) is 6.49. The zero-order valence-corrected chi connectivity index (χ0v) is 16.0. The molecule has 0 atom stereocenters. The van der Waals surface area contributed by atoms with Crippen molar-refractivity contribution < 1.29 is 0 Å². The molecule has 8 heteroatoms. The van der Waals surface area contributed by atoms with Crippen molar-refractivity contribution in [3.8, 4) is 17.1 Å². The number of hydrogen-bond acceptors (Lipinski definition) is 5. The Bertz CT molecular complexity index is 1060.